The summed E-state index contributed by atoms with van der Waals surface area (Å²) in [4.78, 5) is 30.3. The van der Waals surface area contributed by atoms with Crippen molar-refractivity contribution in [2.45, 2.75) is 39.7 Å². The summed E-state index contributed by atoms with van der Waals surface area (Å²) in [5, 5.41) is 0.570. The van der Waals surface area contributed by atoms with Gasteiger partial charge in [0.2, 0.25) is 0 Å². The molecule has 0 aliphatic carbocycles. The number of rotatable bonds is 3. The second-order valence-corrected chi connectivity index (χ2v) is 7.03. The Hall–Kier alpha value is -1.95. The van der Waals surface area contributed by atoms with E-state index in [0.717, 1.165) is 25.9 Å². The summed E-state index contributed by atoms with van der Waals surface area (Å²) < 4.78 is 1.98. The molecule has 1 fully saturated rings. The third kappa shape index (κ3) is 3.15. The Morgan fingerprint density at radius 3 is 2.92 bits per heavy atom. The summed E-state index contributed by atoms with van der Waals surface area (Å²) in [7, 11) is 0. The summed E-state index contributed by atoms with van der Waals surface area (Å²) in [5.41, 5.74) is 1.14. The van der Waals surface area contributed by atoms with Gasteiger partial charge in [0.25, 0.3) is 11.5 Å². The van der Waals surface area contributed by atoms with Crippen molar-refractivity contribution in [3.05, 3.63) is 38.9 Å². The van der Waals surface area contributed by atoms with Crippen LogP contribution in [-0.2, 0) is 6.54 Å². The summed E-state index contributed by atoms with van der Waals surface area (Å²) in [6.45, 7) is 6.37. The zero-order valence-electron chi connectivity index (χ0n) is 14.2. The first-order valence-corrected chi connectivity index (χ1v) is 8.98. The smallest absolute Gasteiger partial charge is 0.262 e. The Bertz CT molecular complexity index is 884. The second-order valence-electron chi connectivity index (χ2n) is 6.65. The molecule has 1 N–H and O–H groups in total. The number of fused-ring (bicyclic) bond motifs is 1. The summed E-state index contributed by atoms with van der Waals surface area (Å²) in [6.07, 6.45) is 3.06. The molecular formula is C18H23N3O2S. The highest BCUT2D eigenvalue weighted by atomic mass is 32.1. The lowest BCUT2D eigenvalue weighted by atomic mass is 9.99. The van der Waals surface area contributed by atoms with Gasteiger partial charge in [0, 0.05) is 25.2 Å². The van der Waals surface area contributed by atoms with Gasteiger partial charge in [-0.15, -0.1) is 0 Å². The molecule has 6 heteroatoms. The third-order valence-electron chi connectivity index (χ3n) is 4.62. The van der Waals surface area contributed by atoms with Crippen LogP contribution in [-0.4, -0.2) is 33.4 Å². The zero-order chi connectivity index (χ0) is 17.3. The summed E-state index contributed by atoms with van der Waals surface area (Å²) in [5.74, 6) is 0.565. The van der Waals surface area contributed by atoms with Crippen molar-refractivity contribution >= 4 is 29.0 Å². The molecule has 2 aromatic rings. The first kappa shape index (κ1) is 16.9. The van der Waals surface area contributed by atoms with Crippen LogP contribution < -0.4 is 5.56 Å². The van der Waals surface area contributed by atoms with E-state index in [1.165, 1.54) is 6.42 Å². The Kier molecular flexibility index (Phi) is 4.85. The number of benzene rings is 1. The largest absolute Gasteiger partial charge is 0.338 e. The van der Waals surface area contributed by atoms with E-state index in [-0.39, 0.29) is 11.5 Å². The number of H-pyrrole nitrogens is 1. The molecule has 0 unspecified atom stereocenters. The molecule has 1 atom stereocenters. The molecule has 1 aromatic heterocycles. The number of carbonyl (C=O) groups is 1. The number of nitrogens with zero attached hydrogens (tertiary/aromatic N) is 2. The van der Waals surface area contributed by atoms with Gasteiger partial charge >= 0.3 is 0 Å². The zero-order valence-corrected chi connectivity index (χ0v) is 15.0. The van der Waals surface area contributed by atoms with E-state index in [0.29, 0.717) is 33.7 Å². The van der Waals surface area contributed by atoms with Crippen LogP contribution in [0, 0.1) is 10.7 Å². The molecule has 1 aliphatic rings. The van der Waals surface area contributed by atoms with Gasteiger partial charge in [-0.25, -0.2) is 0 Å². The monoisotopic (exact) mass is 345 g/mol. The molecular weight excluding hydrogens is 322 g/mol. The molecule has 24 heavy (non-hydrogen) atoms. The summed E-state index contributed by atoms with van der Waals surface area (Å²) >= 11 is 5.29. The first-order chi connectivity index (χ1) is 11.5. The van der Waals surface area contributed by atoms with E-state index in [1.54, 1.807) is 22.8 Å². The van der Waals surface area contributed by atoms with Crippen molar-refractivity contribution < 1.29 is 4.79 Å². The van der Waals surface area contributed by atoms with E-state index in [1.807, 2.05) is 11.8 Å². The Balaban J connectivity index is 2.00. The van der Waals surface area contributed by atoms with Gasteiger partial charge < -0.3 is 9.88 Å². The lowest BCUT2D eigenvalue weighted by Gasteiger charge is -2.31. The fourth-order valence-electron chi connectivity index (χ4n) is 3.37. The molecule has 2 heterocycles. The van der Waals surface area contributed by atoms with Gasteiger partial charge in [0.15, 0.2) is 4.77 Å². The molecule has 0 spiro atoms. The third-order valence-corrected chi connectivity index (χ3v) is 4.94. The number of aromatic amines is 1. The number of likely N-dealkylation sites (tertiary alicyclic amines) is 1. The van der Waals surface area contributed by atoms with Crippen molar-refractivity contribution in [2.75, 3.05) is 13.1 Å². The van der Waals surface area contributed by atoms with Crippen molar-refractivity contribution in [3.63, 3.8) is 0 Å². The molecule has 0 saturated carbocycles. The number of amides is 1. The van der Waals surface area contributed by atoms with Gasteiger partial charge in [-0.3, -0.25) is 14.2 Å². The fraction of sp³-hybridized carbons (Fsp3) is 0.500. The average Bonchev–Trinajstić information content (AvgIpc) is 2.57. The highest BCUT2D eigenvalue weighted by Gasteiger charge is 2.22. The predicted octanol–water partition coefficient (Wildman–Crippen LogP) is 3.34. The molecule has 5 nitrogen and oxygen atoms in total. The van der Waals surface area contributed by atoms with E-state index < -0.39 is 0 Å². The standard InChI is InChI=1S/C18H23N3O2S/c1-3-8-21-17(23)14-7-6-13(10-15(14)19-18(21)24)16(22)20-9-4-5-12(2)11-20/h6-7,10,12H,3-5,8-9,11H2,1-2H3,(H,19,24)/t12-/m1/s1. The van der Waals surface area contributed by atoms with E-state index in [9.17, 15) is 9.59 Å². The first-order valence-electron chi connectivity index (χ1n) is 8.57. The highest BCUT2D eigenvalue weighted by molar-refractivity contribution is 7.71. The molecule has 1 aromatic carbocycles. The molecule has 0 radical (unpaired) electrons. The van der Waals surface area contributed by atoms with E-state index in [2.05, 4.69) is 11.9 Å². The van der Waals surface area contributed by atoms with Crippen molar-refractivity contribution in [1.82, 2.24) is 14.5 Å². The van der Waals surface area contributed by atoms with Crippen LogP contribution in [0.2, 0.25) is 0 Å². The van der Waals surface area contributed by atoms with E-state index in [4.69, 9.17) is 12.2 Å². The van der Waals surface area contributed by atoms with Crippen molar-refractivity contribution in [1.29, 1.82) is 0 Å². The number of hydrogen-bond acceptors (Lipinski definition) is 3. The summed E-state index contributed by atoms with van der Waals surface area (Å²) in [6, 6.07) is 5.23. The Labute approximate surface area is 146 Å². The number of carbonyl (C=O) groups excluding carboxylic acids is 1. The molecule has 1 saturated heterocycles. The fourth-order valence-corrected chi connectivity index (χ4v) is 3.65. The number of hydrogen-bond donors (Lipinski definition) is 1. The highest BCUT2D eigenvalue weighted by Crippen LogP contribution is 2.19. The van der Waals surface area contributed by atoms with Crippen molar-refractivity contribution in [3.8, 4) is 0 Å². The van der Waals surface area contributed by atoms with Gasteiger partial charge in [-0.05, 0) is 55.6 Å². The van der Waals surface area contributed by atoms with Gasteiger partial charge in [0.1, 0.15) is 0 Å². The van der Waals surface area contributed by atoms with Crippen molar-refractivity contribution in [2.24, 2.45) is 5.92 Å². The van der Waals surface area contributed by atoms with Gasteiger partial charge in [0.05, 0.1) is 10.9 Å². The van der Waals surface area contributed by atoms with Crippen LogP contribution >= 0.6 is 12.2 Å². The maximum Gasteiger partial charge on any atom is 0.262 e. The average molecular weight is 345 g/mol. The van der Waals surface area contributed by atoms with Crippen LogP contribution in [0.5, 0.6) is 0 Å². The molecule has 1 amide bonds. The SMILES string of the molecule is CCCn1c(=S)[nH]c2cc(C(=O)N3CCC[C@@H](C)C3)ccc2c1=O. The Morgan fingerprint density at radius 2 is 2.21 bits per heavy atom. The quantitative estimate of drug-likeness (QED) is 0.868. The molecule has 0 bridgehead atoms. The van der Waals surface area contributed by atoms with E-state index >= 15 is 0 Å². The maximum absolute atomic E-state index is 12.7. The van der Waals surface area contributed by atoms with Crippen LogP contribution in [0.1, 0.15) is 43.5 Å². The molecule has 1 aliphatic heterocycles. The second kappa shape index (κ2) is 6.89. The van der Waals surface area contributed by atoms with Crippen LogP contribution in [0.25, 0.3) is 10.9 Å². The van der Waals surface area contributed by atoms with Crippen LogP contribution in [0.4, 0.5) is 0 Å². The normalized spacial score (nSPS) is 18.1. The number of nitrogens with one attached hydrogen (secondary N) is 1. The minimum Gasteiger partial charge on any atom is -0.338 e. The lowest BCUT2D eigenvalue weighted by molar-refractivity contribution is 0.0683. The topological polar surface area (TPSA) is 58.1 Å². The predicted molar refractivity (Wildman–Crippen MR) is 98.0 cm³/mol. The van der Waals surface area contributed by atoms with Crippen LogP contribution in [0.3, 0.4) is 0 Å². The molecule has 128 valence electrons. The maximum atomic E-state index is 12.7. The van der Waals surface area contributed by atoms with Crippen LogP contribution in [0.15, 0.2) is 23.0 Å². The minimum atomic E-state index is -0.0961. The minimum absolute atomic E-state index is 0.0282. The number of piperidine rings is 1. The Morgan fingerprint density at radius 1 is 1.42 bits per heavy atom. The number of aromatic nitrogens is 2. The lowest BCUT2D eigenvalue weighted by Crippen LogP contribution is -2.39. The van der Waals surface area contributed by atoms with Gasteiger partial charge in [-0.2, -0.15) is 0 Å². The molecule has 3 rings (SSSR count). The van der Waals surface area contributed by atoms with Gasteiger partial charge in [-0.1, -0.05) is 13.8 Å².